The van der Waals surface area contributed by atoms with Gasteiger partial charge in [-0.25, -0.2) is 14.6 Å². The van der Waals surface area contributed by atoms with Gasteiger partial charge in [-0.3, -0.25) is 0 Å². The van der Waals surface area contributed by atoms with E-state index in [0.717, 1.165) is 11.3 Å². The molecule has 6 heteroatoms. The molecule has 0 saturated heterocycles. The van der Waals surface area contributed by atoms with Crippen LogP contribution in [-0.2, 0) is 0 Å². The summed E-state index contributed by atoms with van der Waals surface area (Å²) in [7, 11) is 0. The van der Waals surface area contributed by atoms with Crippen molar-refractivity contribution in [1.82, 2.24) is 19.7 Å². The van der Waals surface area contributed by atoms with Crippen LogP contribution in [0, 0.1) is 11.3 Å². The van der Waals surface area contributed by atoms with Crippen molar-refractivity contribution in [3.05, 3.63) is 66.4 Å². The molecule has 0 aliphatic carbocycles. The molecule has 0 amide bonds. The Bertz CT molecular complexity index is 786. The maximum Gasteiger partial charge on any atom is 0.158 e. The number of benzene rings is 1. The highest BCUT2D eigenvalue weighted by Gasteiger charge is 2.12. The van der Waals surface area contributed by atoms with E-state index in [9.17, 15) is 0 Å². The third kappa shape index (κ3) is 2.79. The molecular weight excluding hydrogens is 276 g/mol. The molecule has 0 fully saturated rings. The summed E-state index contributed by atoms with van der Waals surface area (Å²) in [5.41, 5.74) is 2.40. The minimum absolute atomic E-state index is 0.0163. The summed E-state index contributed by atoms with van der Waals surface area (Å²) in [5.74, 6) is 0.627. The van der Waals surface area contributed by atoms with E-state index in [4.69, 9.17) is 5.26 Å². The van der Waals surface area contributed by atoms with E-state index >= 15 is 0 Å². The molecule has 2 heterocycles. The topological polar surface area (TPSA) is 79.4 Å². The number of para-hydroxylation sites is 1. The molecule has 3 rings (SSSR count). The van der Waals surface area contributed by atoms with E-state index in [1.54, 1.807) is 12.4 Å². The molecule has 22 heavy (non-hydrogen) atoms. The number of nitrogens with one attached hydrogen (secondary N) is 1. The van der Waals surface area contributed by atoms with Crippen LogP contribution < -0.4 is 5.32 Å². The second kappa shape index (κ2) is 6.06. The van der Waals surface area contributed by atoms with Gasteiger partial charge in [-0.05, 0) is 24.6 Å². The normalized spacial score (nSPS) is 11.6. The van der Waals surface area contributed by atoms with Crippen molar-refractivity contribution in [3.8, 4) is 11.8 Å². The molecule has 0 radical (unpaired) electrons. The number of rotatable bonds is 4. The van der Waals surface area contributed by atoms with Gasteiger partial charge in [0.25, 0.3) is 0 Å². The largest absolute Gasteiger partial charge is 0.362 e. The van der Waals surface area contributed by atoms with E-state index < -0.39 is 0 Å². The highest BCUT2D eigenvalue weighted by molar-refractivity contribution is 5.46. The molecule has 1 aromatic carbocycles. The Morgan fingerprint density at radius 1 is 1.18 bits per heavy atom. The molecule has 0 bridgehead atoms. The third-order valence-corrected chi connectivity index (χ3v) is 3.29. The van der Waals surface area contributed by atoms with Crippen LogP contribution in [0.25, 0.3) is 5.69 Å². The third-order valence-electron chi connectivity index (χ3n) is 3.29. The van der Waals surface area contributed by atoms with Gasteiger partial charge in [-0.2, -0.15) is 10.4 Å². The van der Waals surface area contributed by atoms with Gasteiger partial charge in [0.1, 0.15) is 11.9 Å². The van der Waals surface area contributed by atoms with Crippen LogP contribution in [0.15, 0.2) is 55.1 Å². The van der Waals surface area contributed by atoms with Gasteiger partial charge in [0.2, 0.25) is 0 Å². The number of nitrogens with zero attached hydrogens (tertiary/aromatic N) is 5. The molecular formula is C16H14N6. The SMILES string of the molecule is CC(Nc1cnc(C#N)cn1)c1ccccc1-n1cccn1. The Hall–Kier alpha value is -3.20. The lowest BCUT2D eigenvalue weighted by molar-refractivity contribution is 0.813. The van der Waals surface area contributed by atoms with Crippen molar-refractivity contribution in [2.75, 3.05) is 5.32 Å². The summed E-state index contributed by atoms with van der Waals surface area (Å²) in [4.78, 5) is 8.20. The van der Waals surface area contributed by atoms with Crippen molar-refractivity contribution in [2.24, 2.45) is 0 Å². The molecule has 2 aromatic heterocycles. The molecule has 1 unspecified atom stereocenters. The summed E-state index contributed by atoms with van der Waals surface area (Å²) in [6.45, 7) is 2.04. The van der Waals surface area contributed by atoms with E-state index in [0.29, 0.717) is 11.5 Å². The first kappa shape index (κ1) is 13.8. The van der Waals surface area contributed by atoms with Crippen molar-refractivity contribution < 1.29 is 0 Å². The number of nitriles is 1. The van der Waals surface area contributed by atoms with E-state index in [1.807, 2.05) is 54.2 Å². The Morgan fingerprint density at radius 3 is 2.73 bits per heavy atom. The zero-order valence-electron chi connectivity index (χ0n) is 12.0. The van der Waals surface area contributed by atoms with Crippen molar-refractivity contribution in [1.29, 1.82) is 5.26 Å². The van der Waals surface area contributed by atoms with Crippen LogP contribution in [0.3, 0.4) is 0 Å². The Kier molecular flexibility index (Phi) is 3.79. The van der Waals surface area contributed by atoms with Crippen LogP contribution in [0.1, 0.15) is 24.2 Å². The summed E-state index contributed by atoms with van der Waals surface area (Å²) in [6.07, 6.45) is 6.67. The first-order chi connectivity index (χ1) is 10.8. The summed E-state index contributed by atoms with van der Waals surface area (Å²) in [5, 5.41) is 16.3. The van der Waals surface area contributed by atoms with Gasteiger partial charge in [0.05, 0.1) is 24.1 Å². The van der Waals surface area contributed by atoms with Gasteiger partial charge >= 0.3 is 0 Å². The maximum absolute atomic E-state index is 8.75. The summed E-state index contributed by atoms with van der Waals surface area (Å²) < 4.78 is 1.83. The predicted octanol–water partition coefficient (Wildman–Crippen LogP) is 2.71. The monoisotopic (exact) mass is 290 g/mol. The zero-order chi connectivity index (χ0) is 15.4. The molecule has 0 saturated carbocycles. The number of hydrogen-bond donors (Lipinski definition) is 1. The van der Waals surface area contributed by atoms with Gasteiger partial charge in [-0.15, -0.1) is 0 Å². The molecule has 1 N–H and O–H groups in total. The molecule has 0 spiro atoms. The first-order valence-electron chi connectivity index (χ1n) is 6.85. The predicted molar refractivity (Wildman–Crippen MR) is 82.3 cm³/mol. The zero-order valence-corrected chi connectivity index (χ0v) is 12.0. The minimum Gasteiger partial charge on any atom is -0.362 e. The highest BCUT2D eigenvalue weighted by Crippen LogP contribution is 2.23. The Balaban J connectivity index is 1.86. The summed E-state index contributed by atoms with van der Waals surface area (Å²) in [6, 6.07) is 11.9. The average Bonchev–Trinajstić information content (AvgIpc) is 3.10. The van der Waals surface area contributed by atoms with E-state index in [1.165, 1.54) is 6.20 Å². The lowest BCUT2D eigenvalue weighted by Gasteiger charge is -2.18. The lowest BCUT2D eigenvalue weighted by Crippen LogP contribution is -2.12. The number of aromatic nitrogens is 4. The number of anilines is 1. The fraction of sp³-hybridized carbons (Fsp3) is 0.125. The van der Waals surface area contributed by atoms with Crippen LogP contribution in [0.4, 0.5) is 5.82 Å². The Morgan fingerprint density at radius 2 is 2.05 bits per heavy atom. The van der Waals surface area contributed by atoms with Crippen LogP contribution in [-0.4, -0.2) is 19.7 Å². The smallest absolute Gasteiger partial charge is 0.158 e. The van der Waals surface area contributed by atoms with Gasteiger partial charge in [0, 0.05) is 12.4 Å². The van der Waals surface area contributed by atoms with Crippen LogP contribution in [0.5, 0.6) is 0 Å². The van der Waals surface area contributed by atoms with Gasteiger partial charge < -0.3 is 5.32 Å². The van der Waals surface area contributed by atoms with Crippen molar-refractivity contribution in [2.45, 2.75) is 13.0 Å². The molecule has 0 aliphatic heterocycles. The highest BCUT2D eigenvalue weighted by atomic mass is 15.3. The lowest BCUT2D eigenvalue weighted by atomic mass is 10.1. The minimum atomic E-state index is 0.0163. The standard InChI is InChI=1S/C16H14N6/c1-12(21-16-11-18-13(9-17)10-19-16)14-5-2-3-6-15(14)22-8-4-7-20-22/h2-8,10-12H,1H3,(H,19,21). The quantitative estimate of drug-likeness (QED) is 0.799. The first-order valence-corrected chi connectivity index (χ1v) is 6.85. The fourth-order valence-corrected chi connectivity index (χ4v) is 2.23. The average molecular weight is 290 g/mol. The van der Waals surface area contributed by atoms with Crippen molar-refractivity contribution in [3.63, 3.8) is 0 Å². The summed E-state index contributed by atoms with van der Waals surface area (Å²) >= 11 is 0. The Labute approximate surface area is 128 Å². The van der Waals surface area contributed by atoms with E-state index in [2.05, 4.69) is 20.4 Å². The second-order valence-electron chi connectivity index (χ2n) is 4.77. The van der Waals surface area contributed by atoms with Crippen LogP contribution in [0.2, 0.25) is 0 Å². The molecule has 0 aliphatic rings. The molecule has 1 atom stereocenters. The van der Waals surface area contributed by atoms with E-state index in [-0.39, 0.29) is 6.04 Å². The van der Waals surface area contributed by atoms with Crippen molar-refractivity contribution >= 4 is 5.82 Å². The fourth-order valence-electron chi connectivity index (χ4n) is 2.23. The van der Waals surface area contributed by atoms with Crippen LogP contribution >= 0.6 is 0 Å². The maximum atomic E-state index is 8.75. The molecule has 3 aromatic rings. The van der Waals surface area contributed by atoms with Gasteiger partial charge in [0.15, 0.2) is 5.69 Å². The number of hydrogen-bond acceptors (Lipinski definition) is 5. The van der Waals surface area contributed by atoms with Gasteiger partial charge in [-0.1, -0.05) is 18.2 Å². The molecule has 108 valence electrons. The molecule has 6 nitrogen and oxygen atoms in total. The second-order valence-corrected chi connectivity index (χ2v) is 4.77.